The normalized spacial score (nSPS) is 22.0. The quantitative estimate of drug-likeness (QED) is 0.904. The highest BCUT2D eigenvalue weighted by Crippen LogP contribution is 2.46. The maximum absolute atomic E-state index is 11.0. The van der Waals surface area contributed by atoms with Gasteiger partial charge in [0.15, 0.2) is 0 Å². The van der Waals surface area contributed by atoms with Crippen molar-refractivity contribution >= 4 is 0 Å². The van der Waals surface area contributed by atoms with E-state index in [1.54, 1.807) is 0 Å². The maximum Gasteiger partial charge on any atom is 0.0898 e. The minimum atomic E-state index is -0.544. The van der Waals surface area contributed by atoms with Gasteiger partial charge in [-0.25, -0.2) is 0 Å². The number of fused-ring (bicyclic) bond motifs is 1. The van der Waals surface area contributed by atoms with Crippen molar-refractivity contribution in [2.45, 2.75) is 37.7 Å². The summed E-state index contributed by atoms with van der Waals surface area (Å²) < 4.78 is 0. The van der Waals surface area contributed by atoms with Crippen molar-refractivity contribution in [3.05, 3.63) is 70.8 Å². The lowest BCUT2D eigenvalue weighted by atomic mass is 9.74. The number of aliphatic hydroxyl groups excluding tert-OH is 1. The molecule has 2 heteroatoms. The number of hydrogen-bond acceptors (Lipinski definition) is 2. The van der Waals surface area contributed by atoms with Gasteiger partial charge in [0.05, 0.1) is 6.10 Å². The van der Waals surface area contributed by atoms with Crippen molar-refractivity contribution in [2.75, 3.05) is 6.54 Å². The van der Waals surface area contributed by atoms with Crippen LogP contribution >= 0.6 is 0 Å². The second-order valence-corrected chi connectivity index (χ2v) is 6.02. The van der Waals surface area contributed by atoms with Crippen molar-refractivity contribution in [2.24, 2.45) is 5.73 Å². The lowest BCUT2D eigenvalue weighted by molar-refractivity contribution is 0.0840. The van der Waals surface area contributed by atoms with E-state index in [9.17, 15) is 5.11 Å². The van der Waals surface area contributed by atoms with Crippen molar-refractivity contribution in [3.8, 4) is 0 Å². The highest BCUT2D eigenvalue weighted by Gasteiger charge is 2.43. The molecule has 2 nitrogen and oxygen atoms in total. The summed E-state index contributed by atoms with van der Waals surface area (Å²) in [5, 5.41) is 11.0. The third-order valence-corrected chi connectivity index (χ3v) is 4.99. The predicted octanol–water partition coefficient (Wildman–Crippen LogP) is 3.13. The first kappa shape index (κ1) is 14.3. The molecule has 2 unspecified atom stereocenters. The van der Waals surface area contributed by atoms with Crippen molar-refractivity contribution in [1.29, 1.82) is 0 Å². The van der Waals surface area contributed by atoms with Crippen LogP contribution in [0.3, 0.4) is 0 Å². The highest BCUT2D eigenvalue weighted by molar-refractivity contribution is 5.43. The molecular weight excluding hydrogens is 258 g/mol. The number of hydrogen-bond donors (Lipinski definition) is 2. The van der Waals surface area contributed by atoms with Gasteiger partial charge in [-0.1, -0.05) is 55.5 Å². The molecule has 0 aliphatic heterocycles. The average Bonchev–Trinajstić information content (AvgIpc) is 2.94. The van der Waals surface area contributed by atoms with Crippen LogP contribution in [-0.2, 0) is 18.3 Å². The summed E-state index contributed by atoms with van der Waals surface area (Å²) in [7, 11) is 0. The predicted molar refractivity (Wildman–Crippen MR) is 86.3 cm³/mol. The molecule has 3 rings (SSSR count). The lowest BCUT2D eigenvalue weighted by Gasteiger charge is -2.34. The van der Waals surface area contributed by atoms with Gasteiger partial charge < -0.3 is 10.8 Å². The van der Waals surface area contributed by atoms with Crippen LogP contribution in [0.25, 0.3) is 0 Å². The summed E-state index contributed by atoms with van der Waals surface area (Å²) in [4.78, 5) is 0. The number of nitrogens with two attached hydrogens (primary N) is 1. The van der Waals surface area contributed by atoms with Gasteiger partial charge in [-0.15, -0.1) is 0 Å². The minimum Gasteiger partial charge on any atom is -0.387 e. The second-order valence-electron chi connectivity index (χ2n) is 6.02. The van der Waals surface area contributed by atoms with Gasteiger partial charge in [0.25, 0.3) is 0 Å². The third-order valence-electron chi connectivity index (χ3n) is 4.99. The zero-order chi connectivity index (χ0) is 14.9. The Hall–Kier alpha value is -1.64. The van der Waals surface area contributed by atoms with E-state index in [0.717, 1.165) is 24.8 Å². The van der Waals surface area contributed by atoms with E-state index in [4.69, 9.17) is 5.73 Å². The molecule has 0 amide bonds. The Morgan fingerprint density at radius 3 is 2.52 bits per heavy atom. The van der Waals surface area contributed by atoms with Gasteiger partial charge in [0.2, 0.25) is 0 Å². The molecule has 1 aliphatic carbocycles. The molecule has 110 valence electrons. The standard InChI is InChI=1S/C19H23NO/c1-2-14-7-9-16(10-8-14)18(21)19(13-20)12-11-15-5-3-4-6-17(15)19/h3-10,18,21H,2,11-13,20H2,1H3. The minimum absolute atomic E-state index is 0.343. The van der Waals surface area contributed by atoms with Crippen LogP contribution < -0.4 is 5.73 Å². The van der Waals surface area contributed by atoms with Crippen LogP contribution in [0, 0.1) is 0 Å². The van der Waals surface area contributed by atoms with E-state index < -0.39 is 6.10 Å². The van der Waals surface area contributed by atoms with E-state index in [-0.39, 0.29) is 5.41 Å². The van der Waals surface area contributed by atoms with Gasteiger partial charge >= 0.3 is 0 Å². The van der Waals surface area contributed by atoms with Crippen LogP contribution in [0.4, 0.5) is 0 Å². The van der Waals surface area contributed by atoms with Gasteiger partial charge in [0, 0.05) is 12.0 Å². The largest absolute Gasteiger partial charge is 0.387 e. The van der Waals surface area contributed by atoms with Gasteiger partial charge in [-0.2, -0.15) is 0 Å². The number of aryl methyl sites for hydroxylation is 2. The summed E-state index contributed by atoms with van der Waals surface area (Å²) in [5.74, 6) is 0. The number of aliphatic hydroxyl groups is 1. The van der Waals surface area contributed by atoms with Crippen LogP contribution in [0.2, 0.25) is 0 Å². The molecule has 2 aromatic carbocycles. The Bertz CT molecular complexity index is 620. The summed E-state index contributed by atoms with van der Waals surface area (Å²) in [5.41, 5.74) is 10.6. The van der Waals surface area contributed by atoms with Crippen LogP contribution in [-0.4, -0.2) is 11.7 Å². The number of rotatable bonds is 4. The Balaban J connectivity index is 2.00. The van der Waals surface area contributed by atoms with E-state index in [2.05, 4.69) is 37.3 Å². The molecule has 0 fully saturated rings. The van der Waals surface area contributed by atoms with Crippen LogP contribution in [0.1, 0.15) is 41.7 Å². The summed E-state index contributed by atoms with van der Waals surface area (Å²) in [6, 6.07) is 16.7. The molecule has 21 heavy (non-hydrogen) atoms. The zero-order valence-corrected chi connectivity index (χ0v) is 12.5. The van der Waals surface area contributed by atoms with Crippen LogP contribution in [0.15, 0.2) is 48.5 Å². The van der Waals surface area contributed by atoms with Gasteiger partial charge in [0.1, 0.15) is 0 Å². The lowest BCUT2D eigenvalue weighted by Crippen LogP contribution is -2.39. The van der Waals surface area contributed by atoms with Crippen molar-refractivity contribution in [3.63, 3.8) is 0 Å². The summed E-state index contributed by atoms with van der Waals surface area (Å²) in [6.45, 7) is 2.61. The van der Waals surface area contributed by atoms with Crippen LogP contribution in [0.5, 0.6) is 0 Å². The second kappa shape index (κ2) is 5.63. The summed E-state index contributed by atoms with van der Waals surface area (Å²) in [6.07, 6.45) is 2.38. The molecule has 0 saturated heterocycles. The monoisotopic (exact) mass is 281 g/mol. The molecule has 0 saturated carbocycles. The fourth-order valence-electron chi connectivity index (χ4n) is 3.58. The molecule has 0 spiro atoms. The first-order valence-corrected chi connectivity index (χ1v) is 7.76. The molecule has 2 aromatic rings. The van der Waals surface area contributed by atoms with Crippen molar-refractivity contribution < 1.29 is 5.11 Å². The summed E-state index contributed by atoms with van der Waals surface area (Å²) >= 11 is 0. The molecule has 0 bridgehead atoms. The molecule has 0 heterocycles. The van der Waals surface area contributed by atoms with Gasteiger partial charge in [-0.3, -0.25) is 0 Å². The molecular formula is C19H23NO. The SMILES string of the molecule is CCc1ccc(C(O)C2(CN)CCc3ccccc32)cc1. The van der Waals surface area contributed by atoms with E-state index in [1.807, 2.05) is 18.2 Å². The Labute approximate surface area is 126 Å². The van der Waals surface area contributed by atoms with E-state index in [0.29, 0.717) is 6.54 Å². The Kier molecular flexibility index (Phi) is 3.83. The molecule has 1 aliphatic rings. The molecule has 0 aromatic heterocycles. The molecule has 2 atom stereocenters. The topological polar surface area (TPSA) is 46.2 Å². The fraction of sp³-hybridized carbons (Fsp3) is 0.368. The Morgan fingerprint density at radius 1 is 1.14 bits per heavy atom. The van der Waals surface area contributed by atoms with E-state index >= 15 is 0 Å². The zero-order valence-electron chi connectivity index (χ0n) is 12.5. The molecule has 3 N–H and O–H groups in total. The van der Waals surface area contributed by atoms with Gasteiger partial charge in [-0.05, 0) is 41.5 Å². The van der Waals surface area contributed by atoms with Crippen molar-refractivity contribution in [1.82, 2.24) is 0 Å². The third kappa shape index (κ3) is 2.29. The average molecular weight is 281 g/mol. The highest BCUT2D eigenvalue weighted by atomic mass is 16.3. The first-order valence-electron chi connectivity index (χ1n) is 7.76. The smallest absolute Gasteiger partial charge is 0.0898 e. The van der Waals surface area contributed by atoms with E-state index in [1.165, 1.54) is 16.7 Å². The molecule has 0 radical (unpaired) electrons. The first-order chi connectivity index (χ1) is 10.2. The maximum atomic E-state index is 11.0. The fourth-order valence-corrected chi connectivity index (χ4v) is 3.58. The Morgan fingerprint density at radius 2 is 1.86 bits per heavy atom. The number of benzene rings is 2.